The fourth-order valence-electron chi connectivity index (χ4n) is 3.12. The van der Waals surface area contributed by atoms with Gasteiger partial charge < -0.3 is 15.4 Å². The third kappa shape index (κ3) is 5.60. The lowest BCUT2D eigenvalue weighted by Crippen LogP contribution is -2.88. The van der Waals surface area contributed by atoms with Gasteiger partial charge in [0, 0.05) is 23.6 Å². The summed E-state index contributed by atoms with van der Waals surface area (Å²) in [6.07, 6.45) is 1.04. The smallest absolute Gasteiger partial charge is 0.275 e. The van der Waals surface area contributed by atoms with E-state index in [1.54, 1.807) is 7.11 Å². The normalized spacial score (nSPS) is 12.0. The number of carbonyl (C=O) groups is 1. The molecule has 0 fully saturated rings. The molecule has 140 valence electrons. The second-order valence-electron chi connectivity index (χ2n) is 6.89. The quantitative estimate of drug-likeness (QED) is 0.727. The minimum atomic E-state index is 0.0340. The van der Waals surface area contributed by atoms with Crippen molar-refractivity contribution in [2.75, 3.05) is 13.7 Å². The molecule has 3 N–H and O–H groups in total. The Balaban J connectivity index is 1.90. The molecule has 0 radical (unpaired) electrons. The van der Waals surface area contributed by atoms with E-state index in [2.05, 4.69) is 55.7 Å². The molecule has 26 heavy (non-hydrogen) atoms. The Hall–Kier alpha value is -2.33. The molecule has 1 amide bonds. The standard InChI is InChI=1S/C22H30N2O2/c1-5-17-10-12-18(13-11-17)22(16(2)3)24-15-21(25)23-14-19-8-6-7-9-20(19)26-4/h6-13,16,22,24H,5,14-15H2,1-4H3,(H,23,25)/p+1/t22-/m0/s1. The van der Waals surface area contributed by atoms with Crippen LogP contribution in [0.4, 0.5) is 0 Å². The zero-order valence-electron chi connectivity index (χ0n) is 16.3. The molecule has 0 unspecified atom stereocenters. The second kappa shape index (κ2) is 9.97. The number of methoxy groups -OCH3 is 1. The number of hydrogen-bond donors (Lipinski definition) is 2. The number of ether oxygens (including phenoxy) is 1. The molecule has 0 heterocycles. The van der Waals surface area contributed by atoms with E-state index in [0.29, 0.717) is 19.0 Å². The van der Waals surface area contributed by atoms with Crippen LogP contribution in [0.15, 0.2) is 48.5 Å². The topological polar surface area (TPSA) is 54.9 Å². The van der Waals surface area contributed by atoms with E-state index in [4.69, 9.17) is 4.74 Å². The maximum absolute atomic E-state index is 12.3. The zero-order chi connectivity index (χ0) is 18.9. The average Bonchev–Trinajstić information content (AvgIpc) is 2.67. The number of amides is 1. The van der Waals surface area contributed by atoms with E-state index in [9.17, 15) is 4.79 Å². The van der Waals surface area contributed by atoms with Gasteiger partial charge in [-0.1, -0.05) is 63.2 Å². The Kier molecular flexibility index (Phi) is 7.67. The van der Waals surface area contributed by atoms with Crippen LogP contribution in [-0.4, -0.2) is 19.6 Å². The highest BCUT2D eigenvalue weighted by Crippen LogP contribution is 2.18. The molecule has 2 rings (SSSR count). The van der Waals surface area contributed by atoms with Crippen molar-refractivity contribution in [1.82, 2.24) is 5.32 Å². The second-order valence-corrected chi connectivity index (χ2v) is 6.89. The van der Waals surface area contributed by atoms with Crippen LogP contribution in [0, 0.1) is 5.92 Å². The van der Waals surface area contributed by atoms with Gasteiger partial charge in [0.1, 0.15) is 11.8 Å². The predicted octanol–water partition coefficient (Wildman–Crippen LogP) is 2.83. The molecule has 0 bridgehead atoms. The van der Waals surface area contributed by atoms with E-state index in [0.717, 1.165) is 17.7 Å². The van der Waals surface area contributed by atoms with Crippen molar-refractivity contribution in [1.29, 1.82) is 0 Å². The van der Waals surface area contributed by atoms with Gasteiger partial charge in [-0.15, -0.1) is 0 Å². The van der Waals surface area contributed by atoms with Crippen molar-refractivity contribution in [3.63, 3.8) is 0 Å². The third-order valence-corrected chi connectivity index (χ3v) is 4.72. The summed E-state index contributed by atoms with van der Waals surface area (Å²) in [6.45, 7) is 7.44. The van der Waals surface area contributed by atoms with Crippen molar-refractivity contribution in [3.05, 3.63) is 65.2 Å². The Morgan fingerprint density at radius 2 is 1.81 bits per heavy atom. The molecule has 2 aromatic carbocycles. The average molecular weight is 356 g/mol. The highest BCUT2D eigenvalue weighted by Gasteiger charge is 2.20. The van der Waals surface area contributed by atoms with Crippen molar-refractivity contribution >= 4 is 5.91 Å². The van der Waals surface area contributed by atoms with Gasteiger partial charge in [-0.2, -0.15) is 0 Å². The highest BCUT2D eigenvalue weighted by atomic mass is 16.5. The van der Waals surface area contributed by atoms with Crippen molar-refractivity contribution in [2.45, 2.75) is 39.8 Å². The fraction of sp³-hybridized carbons (Fsp3) is 0.409. The first-order chi connectivity index (χ1) is 12.5. The lowest BCUT2D eigenvalue weighted by atomic mass is 9.95. The molecule has 0 saturated carbocycles. The minimum absolute atomic E-state index is 0.0340. The number of nitrogens with two attached hydrogens (primary N) is 1. The number of quaternary nitrogens is 1. The number of aryl methyl sites for hydroxylation is 1. The monoisotopic (exact) mass is 355 g/mol. The molecule has 0 aliphatic rings. The number of hydrogen-bond acceptors (Lipinski definition) is 2. The lowest BCUT2D eigenvalue weighted by molar-refractivity contribution is -0.692. The molecule has 4 heteroatoms. The summed E-state index contributed by atoms with van der Waals surface area (Å²) in [7, 11) is 1.64. The summed E-state index contributed by atoms with van der Waals surface area (Å²) in [4.78, 5) is 12.3. The van der Waals surface area contributed by atoms with Crippen LogP contribution in [0.5, 0.6) is 5.75 Å². The zero-order valence-corrected chi connectivity index (χ0v) is 16.3. The van der Waals surface area contributed by atoms with E-state index >= 15 is 0 Å². The molecule has 2 aromatic rings. The first-order valence-corrected chi connectivity index (χ1v) is 9.35. The number of carbonyl (C=O) groups excluding carboxylic acids is 1. The molecule has 0 aliphatic heterocycles. The van der Waals surface area contributed by atoms with Gasteiger partial charge in [-0.3, -0.25) is 4.79 Å². The number of benzene rings is 2. The summed E-state index contributed by atoms with van der Waals surface area (Å²) in [5.41, 5.74) is 3.60. The van der Waals surface area contributed by atoms with E-state index in [-0.39, 0.29) is 11.9 Å². The highest BCUT2D eigenvalue weighted by molar-refractivity contribution is 5.76. The first-order valence-electron chi connectivity index (χ1n) is 9.35. The maximum atomic E-state index is 12.3. The van der Waals surface area contributed by atoms with Gasteiger partial charge >= 0.3 is 0 Å². The van der Waals surface area contributed by atoms with Crippen LogP contribution in [0.2, 0.25) is 0 Å². The van der Waals surface area contributed by atoms with E-state index < -0.39 is 0 Å². The van der Waals surface area contributed by atoms with Crippen LogP contribution in [-0.2, 0) is 17.8 Å². The summed E-state index contributed by atoms with van der Waals surface area (Å²) >= 11 is 0. The predicted molar refractivity (Wildman–Crippen MR) is 105 cm³/mol. The molecule has 0 aliphatic carbocycles. The van der Waals surface area contributed by atoms with Gasteiger partial charge in [0.05, 0.1) is 7.11 Å². The van der Waals surface area contributed by atoms with Crippen LogP contribution >= 0.6 is 0 Å². The van der Waals surface area contributed by atoms with Crippen LogP contribution in [0.3, 0.4) is 0 Å². The number of para-hydroxylation sites is 1. The third-order valence-electron chi connectivity index (χ3n) is 4.72. The Bertz CT molecular complexity index is 696. The van der Waals surface area contributed by atoms with E-state index in [1.165, 1.54) is 11.1 Å². The Morgan fingerprint density at radius 1 is 1.12 bits per heavy atom. The van der Waals surface area contributed by atoms with Gasteiger partial charge in [-0.25, -0.2) is 0 Å². The molecule has 0 saturated heterocycles. The van der Waals surface area contributed by atoms with Gasteiger partial charge in [0.15, 0.2) is 6.54 Å². The number of nitrogens with one attached hydrogen (secondary N) is 1. The van der Waals surface area contributed by atoms with Gasteiger partial charge in [-0.05, 0) is 18.1 Å². The maximum Gasteiger partial charge on any atom is 0.275 e. The molecular weight excluding hydrogens is 324 g/mol. The molecular formula is C22H31N2O2+. The van der Waals surface area contributed by atoms with Gasteiger partial charge in [0.25, 0.3) is 5.91 Å². The van der Waals surface area contributed by atoms with Crippen LogP contribution < -0.4 is 15.4 Å². The Morgan fingerprint density at radius 3 is 2.42 bits per heavy atom. The summed E-state index contributed by atoms with van der Waals surface area (Å²) in [5, 5.41) is 5.12. The van der Waals surface area contributed by atoms with Crippen molar-refractivity contribution in [3.8, 4) is 5.75 Å². The summed E-state index contributed by atoms with van der Waals surface area (Å²) < 4.78 is 5.32. The summed E-state index contributed by atoms with van der Waals surface area (Å²) in [5.74, 6) is 1.28. The minimum Gasteiger partial charge on any atom is -0.496 e. The Labute approximate surface area is 157 Å². The van der Waals surface area contributed by atoms with E-state index in [1.807, 2.05) is 24.3 Å². The number of rotatable bonds is 9. The largest absolute Gasteiger partial charge is 0.496 e. The first kappa shape index (κ1) is 20.0. The lowest BCUT2D eigenvalue weighted by Gasteiger charge is -2.20. The van der Waals surface area contributed by atoms with Crippen LogP contribution in [0.1, 0.15) is 43.5 Å². The SMILES string of the molecule is CCc1ccc([C@@H]([NH2+]CC(=O)NCc2ccccc2OC)C(C)C)cc1. The summed E-state index contributed by atoms with van der Waals surface area (Å²) in [6, 6.07) is 16.8. The molecule has 4 nitrogen and oxygen atoms in total. The molecule has 0 spiro atoms. The molecule has 1 atom stereocenters. The molecule has 0 aromatic heterocycles. The van der Waals surface area contributed by atoms with Crippen LogP contribution in [0.25, 0.3) is 0 Å². The fourth-order valence-corrected chi connectivity index (χ4v) is 3.12. The van der Waals surface area contributed by atoms with Crippen molar-refractivity contribution in [2.24, 2.45) is 5.92 Å². The van der Waals surface area contributed by atoms with Crippen molar-refractivity contribution < 1.29 is 14.8 Å². The van der Waals surface area contributed by atoms with Gasteiger partial charge in [0.2, 0.25) is 0 Å².